The largest absolute Gasteiger partial charge is 0.352 e. The van der Waals surface area contributed by atoms with Crippen LogP contribution in [0.4, 0.5) is 10.1 Å². The molecule has 0 spiro atoms. The number of anilines is 1. The van der Waals surface area contributed by atoms with Crippen LogP contribution in [0.5, 0.6) is 0 Å². The molecule has 1 aliphatic carbocycles. The molecule has 5 rings (SSSR count). The Bertz CT molecular complexity index is 1810. The summed E-state index contributed by atoms with van der Waals surface area (Å²) in [5.74, 6) is -1.56. The average Bonchev–Trinajstić information content (AvgIpc) is 3.57. The number of sulfonamides is 1. The Labute approximate surface area is 281 Å². The molecular formula is C37H39ClFN3O4S. The van der Waals surface area contributed by atoms with E-state index >= 15 is 4.39 Å². The number of carbonyl (C=O) groups excluding carboxylic acids is 2. The van der Waals surface area contributed by atoms with Crippen molar-refractivity contribution in [3.05, 3.63) is 130 Å². The Morgan fingerprint density at radius 3 is 2.23 bits per heavy atom. The van der Waals surface area contributed by atoms with Gasteiger partial charge in [-0.25, -0.2) is 12.8 Å². The monoisotopic (exact) mass is 675 g/mol. The highest BCUT2D eigenvalue weighted by Crippen LogP contribution is 2.32. The number of amides is 2. The second kappa shape index (κ2) is 15.1. The minimum absolute atomic E-state index is 0.00394. The molecule has 4 aromatic rings. The molecule has 1 atom stereocenters. The van der Waals surface area contributed by atoms with Crippen molar-refractivity contribution in [1.82, 2.24) is 10.2 Å². The highest BCUT2D eigenvalue weighted by molar-refractivity contribution is 7.92. The summed E-state index contributed by atoms with van der Waals surface area (Å²) >= 11 is 6.45. The van der Waals surface area contributed by atoms with Crippen molar-refractivity contribution >= 4 is 39.1 Å². The third-order valence-electron chi connectivity index (χ3n) is 8.67. The maximum absolute atomic E-state index is 15.1. The highest BCUT2D eigenvalue weighted by atomic mass is 35.5. The van der Waals surface area contributed by atoms with E-state index in [2.05, 4.69) is 5.32 Å². The number of aryl methyl sites for hydroxylation is 1. The fourth-order valence-electron chi connectivity index (χ4n) is 5.95. The smallest absolute Gasteiger partial charge is 0.264 e. The normalized spacial score (nSPS) is 14.0. The van der Waals surface area contributed by atoms with Crippen LogP contribution in [0.25, 0.3) is 0 Å². The third kappa shape index (κ3) is 8.21. The first-order chi connectivity index (χ1) is 22.5. The van der Waals surface area contributed by atoms with E-state index in [0.717, 1.165) is 41.1 Å². The van der Waals surface area contributed by atoms with Crippen LogP contribution in [0, 0.1) is 19.7 Å². The molecule has 47 heavy (non-hydrogen) atoms. The van der Waals surface area contributed by atoms with E-state index in [0.29, 0.717) is 10.6 Å². The highest BCUT2D eigenvalue weighted by Gasteiger charge is 2.36. The fourth-order valence-corrected chi connectivity index (χ4v) is 7.59. The van der Waals surface area contributed by atoms with Crippen LogP contribution < -0.4 is 9.62 Å². The van der Waals surface area contributed by atoms with Gasteiger partial charge in [0.1, 0.15) is 18.4 Å². The maximum Gasteiger partial charge on any atom is 0.264 e. The molecule has 0 bridgehead atoms. The van der Waals surface area contributed by atoms with Gasteiger partial charge in [-0.05, 0) is 68.1 Å². The average molecular weight is 676 g/mol. The number of benzene rings is 4. The number of nitrogens with one attached hydrogen (secondary N) is 1. The minimum atomic E-state index is -4.29. The molecule has 1 aliphatic rings. The summed E-state index contributed by atoms with van der Waals surface area (Å²) in [7, 11) is -4.29. The number of hydrogen-bond donors (Lipinski definition) is 1. The minimum Gasteiger partial charge on any atom is -0.352 e. The second-order valence-electron chi connectivity index (χ2n) is 12.0. The SMILES string of the molecule is Cc1ccc(S(=O)(=O)N(CC(=O)N(Cc2ccccc2F)C(Cc2ccccc2)C(=O)NC2CCCC2)c2cccc(Cl)c2C)cc1. The van der Waals surface area contributed by atoms with Gasteiger partial charge in [-0.3, -0.25) is 13.9 Å². The van der Waals surface area contributed by atoms with Crippen LogP contribution in [0.3, 0.4) is 0 Å². The van der Waals surface area contributed by atoms with Gasteiger partial charge in [0.15, 0.2) is 0 Å². The van der Waals surface area contributed by atoms with Gasteiger partial charge in [0.25, 0.3) is 10.0 Å². The van der Waals surface area contributed by atoms with Crippen molar-refractivity contribution in [2.24, 2.45) is 0 Å². The van der Waals surface area contributed by atoms with E-state index in [-0.39, 0.29) is 41.1 Å². The maximum atomic E-state index is 15.1. The molecule has 7 nitrogen and oxygen atoms in total. The first kappa shape index (κ1) is 34.1. The van der Waals surface area contributed by atoms with Gasteiger partial charge in [-0.15, -0.1) is 0 Å². The molecule has 1 fully saturated rings. The topological polar surface area (TPSA) is 86.8 Å². The van der Waals surface area contributed by atoms with Gasteiger partial charge >= 0.3 is 0 Å². The summed E-state index contributed by atoms with van der Waals surface area (Å²) in [6.07, 6.45) is 3.82. The Morgan fingerprint density at radius 2 is 1.55 bits per heavy atom. The van der Waals surface area contributed by atoms with E-state index in [9.17, 15) is 18.0 Å². The number of rotatable bonds is 12. The van der Waals surface area contributed by atoms with Crippen LogP contribution in [-0.4, -0.2) is 43.8 Å². The van der Waals surface area contributed by atoms with E-state index in [1.54, 1.807) is 55.5 Å². The van der Waals surface area contributed by atoms with Crippen molar-refractivity contribution in [1.29, 1.82) is 0 Å². The summed E-state index contributed by atoms with van der Waals surface area (Å²) in [4.78, 5) is 30.0. The molecule has 0 saturated heterocycles. The van der Waals surface area contributed by atoms with Gasteiger partial charge in [-0.1, -0.05) is 96.7 Å². The zero-order chi connectivity index (χ0) is 33.6. The molecule has 0 radical (unpaired) electrons. The molecule has 1 saturated carbocycles. The molecule has 1 N–H and O–H groups in total. The quantitative estimate of drug-likeness (QED) is 0.175. The Kier molecular flexibility index (Phi) is 11.0. The van der Waals surface area contributed by atoms with Crippen molar-refractivity contribution in [2.45, 2.75) is 69.5 Å². The van der Waals surface area contributed by atoms with Crippen LogP contribution in [0.2, 0.25) is 5.02 Å². The molecule has 1 unspecified atom stereocenters. The number of halogens is 2. The Balaban J connectivity index is 1.60. The molecule has 0 aliphatic heterocycles. The van der Waals surface area contributed by atoms with E-state index < -0.39 is 34.3 Å². The lowest BCUT2D eigenvalue weighted by atomic mass is 10.0. The predicted octanol–water partition coefficient (Wildman–Crippen LogP) is 6.99. The van der Waals surface area contributed by atoms with Gasteiger partial charge < -0.3 is 10.2 Å². The van der Waals surface area contributed by atoms with Gasteiger partial charge in [0.05, 0.1) is 10.6 Å². The molecule has 4 aromatic carbocycles. The zero-order valence-electron chi connectivity index (χ0n) is 26.5. The summed E-state index contributed by atoms with van der Waals surface area (Å²) in [6, 6.07) is 25.5. The van der Waals surface area contributed by atoms with Gasteiger partial charge in [-0.2, -0.15) is 0 Å². The number of carbonyl (C=O) groups is 2. The van der Waals surface area contributed by atoms with E-state index in [1.807, 2.05) is 37.3 Å². The lowest BCUT2D eigenvalue weighted by molar-refractivity contribution is -0.140. The molecular weight excluding hydrogens is 637 g/mol. The van der Waals surface area contributed by atoms with Gasteiger partial charge in [0, 0.05) is 29.6 Å². The third-order valence-corrected chi connectivity index (χ3v) is 10.9. The van der Waals surface area contributed by atoms with Crippen LogP contribution in [0.15, 0.2) is 102 Å². The van der Waals surface area contributed by atoms with Crippen LogP contribution in [-0.2, 0) is 32.6 Å². The summed E-state index contributed by atoms with van der Waals surface area (Å²) in [5.41, 5.74) is 2.59. The second-order valence-corrected chi connectivity index (χ2v) is 14.3. The van der Waals surface area contributed by atoms with Crippen LogP contribution in [0.1, 0.15) is 47.9 Å². The number of hydrogen-bond acceptors (Lipinski definition) is 4. The summed E-state index contributed by atoms with van der Waals surface area (Å²) in [6.45, 7) is 2.65. The summed E-state index contributed by atoms with van der Waals surface area (Å²) < 4.78 is 44.7. The first-order valence-electron chi connectivity index (χ1n) is 15.8. The Morgan fingerprint density at radius 1 is 0.894 bits per heavy atom. The van der Waals surface area contributed by atoms with Gasteiger partial charge in [0.2, 0.25) is 11.8 Å². The molecule has 246 valence electrons. The predicted molar refractivity (Wildman–Crippen MR) is 183 cm³/mol. The molecule has 2 amide bonds. The molecule has 0 heterocycles. The lowest BCUT2D eigenvalue weighted by Crippen LogP contribution is -2.54. The van der Waals surface area contributed by atoms with Crippen molar-refractivity contribution in [2.75, 3.05) is 10.8 Å². The van der Waals surface area contributed by atoms with Crippen molar-refractivity contribution in [3.8, 4) is 0 Å². The van der Waals surface area contributed by atoms with Crippen LogP contribution >= 0.6 is 11.6 Å². The fraction of sp³-hybridized carbons (Fsp3) is 0.297. The van der Waals surface area contributed by atoms with E-state index in [1.165, 1.54) is 23.1 Å². The number of nitrogens with zero attached hydrogens (tertiary/aromatic N) is 2. The lowest BCUT2D eigenvalue weighted by Gasteiger charge is -2.34. The van der Waals surface area contributed by atoms with Crippen molar-refractivity contribution in [3.63, 3.8) is 0 Å². The molecule has 10 heteroatoms. The Hall–Kier alpha value is -4.21. The summed E-state index contributed by atoms with van der Waals surface area (Å²) in [5, 5.41) is 3.46. The molecule has 0 aromatic heterocycles. The van der Waals surface area contributed by atoms with Crippen molar-refractivity contribution < 1.29 is 22.4 Å². The zero-order valence-corrected chi connectivity index (χ0v) is 28.1. The van der Waals surface area contributed by atoms with E-state index in [4.69, 9.17) is 11.6 Å². The standard InChI is InChI=1S/C37H39ClFN3O4S/c1-26-19-21-31(22-20-26)47(45,46)42(34-18-10-16-32(38)27(34)2)25-36(43)41(24-29-13-6-9-17-33(29)39)35(23-28-11-4-3-5-12-28)37(44)40-30-14-7-8-15-30/h3-6,9-13,16-22,30,35H,7-8,14-15,23-25H2,1-2H3,(H,40,44). The first-order valence-corrected chi connectivity index (χ1v) is 17.6.